The number of nitrogens with zero attached hydrogens (tertiary/aromatic N) is 3. The Balaban J connectivity index is 1.52. The zero-order chi connectivity index (χ0) is 21.8. The Labute approximate surface area is 178 Å². The summed E-state index contributed by atoms with van der Waals surface area (Å²) in [5.41, 5.74) is 1.27. The maximum absolute atomic E-state index is 13.1. The number of nitrogens with one attached hydrogen (secondary N) is 2. The number of urea groups is 1. The Morgan fingerprint density at radius 2 is 2.00 bits per heavy atom. The molecule has 0 aliphatic carbocycles. The van der Waals surface area contributed by atoms with Crippen LogP contribution in [0.15, 0.2) is 42.6 Å². The van der Waals surface area contributed by atoms with Crippen LogP contribution in [0, 0.1) is 0 Å². The Hall–Kier alpha value is -3.88. The molecule has 9 heteroatoms. The SMILES string of the molecule is CCOc1ccc2c(c1)C(=O)N(C[C@@]1(c3ccc4cn(C)nc4c3)NC(=O)NC1=O)C2. The van der Waals surface area contributed by atoms with Crippen molar-refractivity contribution >= 4 is 28.7 Å². The molecule has 5 rings (SSSR count). The van der Waals surface area contributed by atoms with E-state index in [1.807, 2.05) is 38.4 Å². The second kappa shape index (κ2) is 6.83. The van der Waals surface area contributed by atoms with Gasteiger partial charge in [-0.2, -0.15) is 5.10 Å². The Kier molecular flexibility index (Phi) is 4.21. The van der Waals surface area contributed by atoms with E-state index in [1.165, 1.54) is 0 Å². The standard InChI is InChI=1S/C22H21N5O4/c1-3-31-16-7-5-13-11-27(19(28)17(13)9-16)12-22(20(29)23-21(30)24-22)15-6-4-14-10-26(2)25-18(14)8-15/h4-10H,3,11-12H2,1-2H3,(H2,23,24,29,30)/t22-/m0/s1. The third-order valence-corrected chi connectivity index (χ3v) is 5.76. The molecule has 0 bridgehead atoms. The van der Waals surface area contributed by atoms with Gasteiger partial charge in [-0.3, -0.25) is 19.6 Å². The van der Waals surface area contributed by atoms with Crippen molar-refractivity contribution < 1.29 is 19.1 Å². The van der Waals surface area contributed by atoms with Gasteiger partial charge in [0.25, 0.3) is 11.8 Å². The van der Waals surface area contributed by atoms with Crippen molar-refractivity contribution in [2.24, 2.45) is 7.05 Å². The molecule has 3 heterocycles. The molecule has 0 spiro atoms. The van der Waals surface area contributed by atoms with Crippen LogP contribution < -0.4 is 15.4 Å². The van der Waals surface area contributed by atoms with E-state index in [9.17, 15) is 14.4 Å². The number of carbonyl (C=O) groups is 3. The van der Waals surface area contributed by atoms with E-state index < -0.39 is 17.5 Å². The molecule has 2 aliphatic rings. The molecule has 2 aromatic carbocycles. The van der Waals surface area contributed by atoms with Crippen LogP contribution in [0.3, 0.4) is 0 Å². The van der Waals surface area contributed by atoms with E-state index >= 15 is 0 Å². The van der Waals surface area contributed by atoms with Crippen LogP contribution in [0.2, 0.25) is 0 Å². The van der Waals surface area contributed by atoms with Gasteiger partial charge in [-0.25, -0.2) is 4.79 Å². The molecule has 1 atom stereocenters. The average molecular weight is 419 g/mol. The Bertz CT molecular complexity index is 1250. The molecular formula is C22H21N5O4. The van der Waals surface area contributed by atoms with Crippen LogP contribution in [0.5, 0.6) is 5.75 Å². The number of imide groups is 1. The van der Waals surface area contributed by atoms with Crippen LogP contribution in [0.4, 0.5) is 4.79 Å². The van der Waals surface area contributed by atoms with Crippen molar-refractivity contribution in [3.63, 3.8) is 0 Å². The third kappa shape index (κ3) is 3.00. The molecule has 1 aromatic heterocycles. The number of aromatic nitrogens is 2. The first-order chi connectivity index (χ1) is 14.9. The van der Waals surface area contributed by atoms with Crippen molar-refractivity contribution in [3.05, 3.63) is 59.3 Å². The Morgan fingerprint density at radius 1 is 1.16 bits per heavy atom. The predicted octanol–water partition coefficient (Wildman–Crippen LogP) is 1.66. The highest BCUT2D eigenvalue weighted by atomic mass is 16.5. The largest absolute Gasteiger partial charge is 0.494 e. The number of hydrogen-bond acceptors (Lipinski definition) is 5. The summed E-state index contributed by atoms with van der Waals surface area (Å²) in [6.07, 6.45) is 1.87. The molecular weight excluding hydrogens is 398 g/mol. The molecule has 1 fully saturated rings. The summed E-state index contributed by atoms with van der Waals surface area (Å²) in [6.45, 7) is 2.73. The van der Waals surface area contributed by atoms with Crippen LogP contribution in [0.1, 0.15) is 28.4 Å². The summed E-state index contributed by atoms with van der Waals surface area (Å²) in [6, 6.07) is 10.2. The van der Waals surface area contributed by atoms with Gasteiger partial charge in [-0.1, -0.05) is 18.2 Å². The summed E-state index contributed by atoms with van der Waals surface area (Å²) >= 11 is 0. The molecule has 2 aliphatic heterocycles. The molecule has 4 amide bonds. The lowest BCUT2D eigenvalue weighted by atomic mass is 9.88. The van der Waals surface area contributed by atoms with Gasteiger partial charge in [-0.05, 0) is 36.2 Å². The van der Waals surface area contributed by atoms with E-state index in [2.05, 4.69) is 15.7 Å². The van der Waals surface area contributed by atoms with Crippen LogP contribution in [-0.2, 0) is 23.9 Å². The number of fused-ring (bicyclic) bond motifs is 2. The van der Waals surface area contributed by atoms with Gasteiger partial charge in [0.15, 0.2) is 5.54 Å². The van der Waals surface area contributed by atoms with E-state index in [-0.39, 0.29) is 12.5 Å². The van der Waals surface area contributed by atoms with Gasteiger partial charge in [0.2, 0.25) is 0 Å². The fourth-order valence-electron chi connectivity index (χ4n) is 4.31. The van der Waals surface area contributed by atoms with Crippen LogP contribution in [0.25, 0.3) is 10.9 Å². The third-order valence-electron chi connectivity index (χ3n) is 5.76. The first-order valence-corrected chi connectivity index (χ1v) is 10.0. The van der Waals surface area contributed by atoms with Crippen molar-refractivity contribution in [2.45, 2.75) is 19.0 Å². The van der Waals surface area contributed by atoms with E-state index in [0.717, 1.165) is 10.9 Å². The number of carbonyl (C=O) groups excluding carboxylic acids is 3. The van der Waals surface area contributed by atoms with Gasteiger partial charge in [0.1, 0.15) is 5.75 Å². The zero-order valence-electron chi connectivity index (χ0n) is 17.1. The lowest BCUT2D eigenvalue weighted by molar-refractivity contribution is -0.124. The normalized spacial score (nSPS) is 20.2. The monoisotopic (exact) mass is 419 g/mol. The second-order valence-corrected chi connectivity index (χ2v) is 7.80. The maximum Gasteiger partial charge on any atom is 0.322 e. The van der Waals surface area contributed by atoms with Gasteiger partial charge >= 0.3 is 6.03 Å². The highest BCUT2D eigenvalue weighted by Gasteiger charge is 2.50. The summed E-state index contributed by atoms with van der Waals surface area (Å²) in [7, 11) is 1.82. The minimum atomic E-state index is -1.40. The molecule has 2 N–H and O–H groups in total. The first kappa shape index (κ1) is 19.1. The van der Waals surface area contributed by atoms with Gasteiger partial charge < -0.3 is 15.0 Å². The average Bonchev–Trinajstić information content (AvgIpc) is 3.35. The first-order valence-electron chi connectivity index (χ1n) is 10.0. The number of benzene rings is 2. The molecule has 31 heavy (non-hydrogen) atoms. The second-order valence-electron chi connectivity index (χ2n) is 7.80. The van der Waals surface area contributed by atoms with E-state index in [4.69, 9.17) is 4.74 Å². The Morgan fingerprint density at radius 3 is 2.74 bits per heavy atom. The highest BCUT2D eigenvalue weighted by Crippen LogP contribution is 2.33. The molecule has 0 radical (unpaired) electrons. The number of hydrogen-bond donors (Lipinski definition) is 2. The molecule has 0 unspecified atom stereocenters. The van der Waals surface area contributed by atoms with Crippen LogP contribution >= 0.6 is 0 Å². The van der Waals surface area contributed by atoms with Crippen molar-refractivity contribution in [3.8, 4) is 5.75 Å². The number of amides is 4. The zero-order valence-corrected chi connectivity index (χ0v) is 17.1. The van der Waals surface area contributed by atoms with Gasteiger partial charge in [0.05, 0.1) is 18.7 Å². The molecule has 9 nitrogen and oxygen atoms in total. The minimum absolute atomic E-state index is 0.000392. The number of rotatable bonds is 5. The topological polar surface area (TPSA) is 106 Å². The fourth-order valence-corrected chi connectivity index (χ4v) is 4.31. The summed E-state index contributed by atoms with van der Waals surface area (Å²) < 4.78 is 7.20. The quantitative estimate of drug-likeness (QED) is 0.612. The molecule has 0 saturated carbocycles. The lowest BCUT2D eigenvalue weighted by Gasteiger charge is -2.31. The highest BCUT2D eigenvalue weighted by molar-refractivity contribution is 6.08. The van der Waals surface area contributed by atoms with Gasteiger partial charge in [0, 0.05) is 30.7 Å². The maximum atomic E-state index is 13.1. The predicted molar refractivity (Wildman–Crippen MR) is 111 cm³/mol. The van der Waals surface area contributed by atoms with Crippen molar-refractivity contribution in [1.29, 1.82) is 0 Å². The van der Waals surface area contributed by atoms with E-state index in [0.29, 0.717) is 35.5 Å². The van der Waals surface area contributed by atoms with Crippen molar-refractivity contribution in [1.82, 2.24) is 25.3 Å². The molecule has 158 valence electrons. The number of aryl methyl sites for hydroxylation is 1. The van der Waals surface area contributed by atoms with Crippen molar-refractivity contribution in [2.75, 3.05) is 13.2 Å². The summed E-state index contributed by atoms with van der Waals surface area (Å²) in [4.78, 5) is 39.8. The summed E-state index contributed by atoms with van der Waals surface area (Å²) in [5.74, 6) is -0.0750. The minimum Gasteiger partial charge on any atom is -0.494 e. The number of ether oxygens (including phenoxy) is 1. The van der Waals surface area contributed by atoms with Crippen LogP contribution in [-0.4, -0.2) is 45.7 Å². The smallest absolute Gasteiger partial charge is 0.322 e. The van der Waals surface area contributed by atoms with E-state index in [1.54, 1.807) is 27.8 Å². The van der Waals surface area contributed by atoms with Gasteiger partial charge in [-0.15, -0.1) is 0 Å². The summed E-state index contributed by atoms with van der Waals surface area (Å²) in [5, 5.41) is 10.4. The molecule has 1 saturated heterocycles. The lowest BCUT2D eigenvalue weighted by Crippen LogP contribution is -2.52. The fraction of sp³-hybridized carbons (Fsp3) is 0.273. The molecule has 3 aromatic rings.